The van der Waals surface area contributed by atoms with Gasteiger partial charge >= 0.3 is 0 Å². The summed E-state index contributed by atoms with van der Waals surface area (Å²) in [4.78, 5) is 0. The van der Waals surface area contributed by atoms with Gasteiger partial charge in [-0.1, -0.05) is 0 Å². The Morgan fingerprint density at radius 3 is 0.636 bits per heavy atom. The Labute approximate surface area is 62.8 Å². The van der Waals surface area contributed by atoms with E-state index >= 15 is 0 Å². The van der Waals surface area contributed by atoms with Crippen molar-refractivity contribution in [2.24, 2.45) is 0 Å². The second-order valence-electron chi connectivity index (χ2n) is 0.816. The van der Waals surface area contributed by atoms with Crippen LogP contribution >= 0.6 is 0 Å². The summed E-state index contributed by atoms with van der Waals surface area (Å²) >= 11 is 0. The van der Waals surface area contributed by atoms with E-state index in [1.807, 2.05) is 0 Å². The summed E-state index contributed by atoms with van der Waals surface area (Å²) in [5, 5.41) is 0. The fraction of sp³-hybridized carbons (Fsp3) is 0. The molecule has 0 aromatic rings. The molecule has 0 fully saturated rings. The molecule has 72 valence electrons. The number of hydrogen-bond donors (Lipinski definition) is 1. The van der Waals surface area contributed by atoms with Crippen LogP contribution in [0.4, 0.5) is 0 Å². The van der Waals surface area contributed by atoms with E-state index in [9.17, 15) is 0 Å². The van der Waals surface area contributed by atoms with E-state index in [0.717, 1.165) is 0 Å². The molecule has 0 bridgehead atoms. The van der Waals surface area contributed by atoms with E-state index in [2.05, 4.69) is 0 Å². The summed E-state index contributed by atoms with van der Waals surface area (Å²) < 4.78 is 68.2. The van der Waals surface area contributed by atoms with Gasteiger partial charge in [-0.3, -0.25) is 16.8 Å². The standard InChI is InChI=1S/H3N.2H2O4S/c;2*1-5(2,3)4/h1H3;2*(H2,1,2,3,4)/p-3. The molecule has 0 unspecified atom stereocenters. The number of hydrogen-bond acceptors (Lipinski definition) is 8. The van der Waals surface area contributed by atoms with Crippen molar-refractivity contribution < 1.29 is 35.0 Å². The van der Waals surface area contributed by atoms with Crippen LogP contribution in [0, 0.1) is 0 Å². The highest BCUT2D eigenvalue weighted by atomic mass is 32.3. The van der Waals surface area contributed by atoms with Crippen molar-refractivity contribution in [1.29, 1.82) is 0 Å². The summed E-state index contributed by atoms with van der Waals surface area (Å²) in [6.07, 6.45) is 0. The van der Waals surface area contributed by atoms with Crippen molar-refractivity contribution in [2.45, 2.75) is 0 Å². The summed E-state index contributed by atoms with van der Waals surface area (Å²) in [5.41, 5.74) is 0. The zero-order valence-corrected chi connectivity index (χ0v) is 6.72. The summed E-state index contributed by atoms with van der Waals surface area (Å²) in [6, 6.07) is 0. The van der Waals surface area contributed by atoms with Crippen LogP contribution in [0.3, 0.4) is 0 Å². The molecule has 0 saturated heterocycles. The van der Waals surface area contributed by atoms with Gasteiger partial charge in [-0.05, 0) is 0 Å². The molecule has 0 aromatic carbocycles. The molecule has 0 saturated carbocycles. The third-order valence-corrected chi connectivity index (χ3v) is 0. The second-order valence-corrected chi connectivity index (χ2v) is 2.45. The molecular formula is H4NO8S2-3. The van der Waals surface area contributed by atoms with Gasteiger partial charge in [0.2, 0.25) is 0 Å². The molecule has 11 heavy (non-hydrogen) atoms. The first-order valence-electron chi connectivity index (χ1n) is 1.33. The molecule has 0 spiro atoms. The van der Waals surface area contributed by atoms with Crippen LogP contribution in [-0.2, 0) is 20.8 Å². The molecule has 0 aliphatic heterocycles. The molecule has 0 aliphatic rings. The monoisotopic (exact) mass is 210 g/mol. The zero-order chi connectivity index (χ0) is 9.00. The highest BCUT2D eigenvalue weighted by molar-refractivity contribution is 7.79. The lowest BCUT2D eigenvalue weighted by molar-refractivity contribution is 0.350. The van der Waals surface area contributed by atoms with Gasteiger partial charge < -0.3 is 24.4 Å². The molecule has 4 N–H and O–H groups in total. The number of rotatable bonds is 0. The van der Waals surface area contributed by atoms with Crippen LogP contribution in [0.1, 0.15) is 0 Å². The average molecular weight is 210 g/mol. The van der Waals surface area contributed by atoms with Crippen LogP contribution in [0.2, 0.25) is 0 Å². The van der Waals surface area contributed by atoms with Gasteiger partial charge in [-0.2, -0.15) is 0 Å². The maximum Gasteiger partial charge on any atom is 0.0311 e. The summed E-state index contributed by atoms with van der Waals surface area (Å²) in [5.74, 6) is 0. The van der Waals surface area contributed by atoms with Gasteiger partial charge in [0, 0.05) is 20.8 Å². The molecule has 0 radical (unpaired) electrons. The van der Waals surface area contributed by atoms with E-state index in [1.54, 1.807) is 0 Å². The van der Waals surface area contributed by atoms with Crippen molar-refractivity contribution in [1.82, 2.24) is 6.15 Å². The molecule has 11 heteroatoms. The van der Waals surface area contributed by atoms with Crippen molar-refractivity contribution in [3.8, 4) is 0 Å². The topological polar surface area (TPSA) is 197 Å². The Balaban J connectivity index is -0.000000107. The fourth-order valence-electron chi connectivity index (χ4n) is 0. The normalized spacial score (nSPS) is 10.5. The maximum absolute atomic E-state index is 8.52. The average Bonchev–Trinajstić information content (AvgIpc) is 1.12. The first-order chi connectivity index (χ1) is 4.00. The fourth-order valence-corrected chi connectivity index (χ4v) is 0. The van der Waals surface area contributed by atoms with E-state index in [0.29, 0.717) is 0 Å². The SMILES string of the molecule is O=S(=O)([O-])[O-].O=S(=O)([O-])[O-].[NH4+]. The Morgan fingerprint density at radius 2 is 0.636 bits per heavy atom. The Bertz CT molecular complexity index is 208. The Hall–Kier alpha value is -0.300. The molecule has 9 nitrogen and oxygen atoms in total. The van der Waals surface area contributed by atoms with Crippen molar-refractivity contribution >= 4 is 20.8 Å². The van der Waals surface area contributed by atoms with E-state index in [1.165, 1.54) is 0 Å². The van der Waals surface area contributed by atoms with Crippen LogP contribution in [0.5, 0.6) is 0 Å². The first kappa shape index (κ1) is 17.0. The van der Waals surface area contributed by atoms with Gasteiger partial charge in [-0.25, -0.2) is 0 Å². The van der Waals surface area contributed by atoms with Crippen LogP contribution < -0.4 is 6.15 Å². The van der Waals surface area contributed by atoms with E-state index in [4.69, 9.17) is 35.0 Å². The summed E-state index contributed by atoms with van der Waals surface area (Å²) in [7, 11) is -10.3. The van der Waals surface area contributed by atoms with Crippen molar-refractivity contribution in [2.75, 3.05) is 0 Å². The third kappa shape index (κ3) is 6390. The maximum atomic E-state index is 8.52. The lowest BCUT2D eigenvalue weighted by Gasteiger charge is -2.06. The molecular weight excluding hydrogens is 206 g/mol. The summed E-state index contributed by atoms with van der Waals surface area (Å²) in [6.45, 7) is 0. The largest absolute Gasteiger partial charge is 0.759 e. The lowest BCUT2D eigenvalue weighted by atomic mass is 14.0. The molecule has 0 amide bonds. The molecule has 0 heterocycles. The highest BCUT2D eigenvalue weighted by Gasteiger charge is 1.50. The molecule has 0 aliphatic carbocycles. The first-order valence-corrected chi connectivity index (χ1v) is 4.00. The van der Waals surface area contributed by atoms with Gasteiger partial charge in [0.1, 0.15) is 0 Å². The minimum absolute atomic E-state index is 0. The van der Waals surface area contributed by atoms with Gasteiger partial charge in [0.15, 0.2) is 0 Å². The Kier molecular flexibility index (Phi) is 8.28. The molecule has 0 atom stereocenters. The predicted molar refractivity (Wildman–Crippen MR) is 26.9 cm³/mol. The van der Waals surface area contributed by atoms with Crippen molar-refractivity contribution in [3.05, 3.63) is 0 Å². The quantitative estimate of drug-likeness (QED) is 0.339. The smallest absolute Gasteiger partial charge is 0.0311 e. The van der Waals surface area contributed by atoms with Gasteiger partial charge in [0.05, 0.1) is 0 Å². The van der Waals surface area contributed by atoms with E-state index in [-0.39, 0.29) is 6.15 Å². The minimum atomic E-state index is -5.17. The predicted octanol–water partition coefficient (Wildman–Crippen LogP) is -2.30. The van der Waals surface area contributed by atoms with Crippen molar-refractivity contribution in [3.63, 3.8) is 0 Å². The van der Waals surface area contributed by atoms with Gasteiger partial charge in [-0.15, -0.1) is 0 Å². The minimum Gasteiger partial charge on any atom is -0.759 e. The van der Waals surface area contributed by atoms with Gasteiger partial charge in [0.25, 0.3) is 0 Å². The van der Waals surface area contributed by atoms with E-state index < -0.39 is 20.8 Å². The van der Waals surface area contributed by atoms with Crippen LogP contribution in [0.15, 0.2) is 0 Å². The van der Waals surface area contributed by atoms with Crippen LogP contribution in [-0.4, -0.2) is 35.0 Å². The van der Waals surface area contributed by atoms with Crippen LogP contribution in [0.25, 0.3) is 0 Å². The second kappa shape index (κ2) is 5.36. The highest BCUT2D eigenvalue weighted by Crippen LogP contribution is 1.58. The molecule has 0 aromatic heterocycles. The lowest BCUT2D eigenvalue weighted by Crippen LogP contribution is -1.91. The number of quaternary nitrogens is 1. The third-order valence-electron chi connectivity index (χ3n) is 0. The Morgan fingerprint density at radius 1 is 0.636 bits per heavy atom. The molecule has 0 rings (SSSR count). The zero-order valence-electron chi connectivity index (χ0n) is 5.08.